The van der Waals surface area contributed by atoms with E-state index in [-0.39, 0.29) is 35.8 Å². The molecular formula is C13H23ClN4O4S. The Balaban J connectivity index is 0.00000264. The summed E-state index contributed by atoms with van der Waals surface area (Å²) < 4.78 is 29.0. The highest BCUT2D eigenvalue weighted by Gasteiger charge is 2.38. The molecule has 0 spiro atoms. The zero-order valence-corrected chi connectivity index (χ0v) is 15.1. The average Bonchev–Trinajstić information content (AvgIpc) is 2.48. The maximum atomic E-state index is 12.9. The number of nitrogens with zero attached hydrogens (tertiary/aromatic N) is 3. The van der Waals surface area contributed by atoms with Crippen LogP contribution in [-0.2, 0) is 24.1 Å². The third-order valence-electron chi connectivity index (χ3n) is 4.31. The molecule has 2 atom stereocenters. The third-order valence-corrected chi connectivity index (χ3v) is 6.21. The molecule has 1 aromatic heterocycles. The summed E-state index contributed by atoms with van der Waals surface area (Å²) in [6, 6.07) is -0.333. The van der Waals surface area contributed by atoms with Crippen molar-refractivity contribution in [3.63, 3.8) is 0 Å². The van der Waals surface area contributed by atoms with Gasteiger partial charge in [0, 0.05) is 39.4 Å². The molecular weight excluding hydrogens is 344 g/mol. The lowest BCUT2D eigenvalue weighted by Gasteiger charge is -2.38. The van der Waals surface area contributed by atoms with Gasteiger partial charge in [0.15, 0.2) is 4.90 Å². The highest BCUT2D eigenvalue weighted by molar-refractivity contribution is 7.89. The van der Waals surface area contributed by atoms with Crippen LogP contribution in [0.25, 0.3) is 0 Å². The van der Waals surface area contributed by atoms with Crippen LogP contribution in [0.5, 0.6) is 0 Å². The number of aryl methyl sites for hydroxylation is 1. The summed E-state index contributed by atoms with van der Waals surface area (Å²) in [4.78, 5) is 23.6. The van der Waals surface area contributed by atoms with E-state index in [1.54, 1.807) is 0 Å². The summed E-state index contributed by atoms with van der Waals surface area (Å²) in [6.07, 6.45) is 2.72. The zero-order chi connectivity index (χ0) is 16.7. The first-order chi connectivity index (χ1) is 10.2. The van der Waals surface area contributed by atoms with Crippen LogP contribution in [0.2, 0.25) is 0 Å². The Bertz CT molecular complexity index is 786. The monoisotopic (exact) mass is 366 g/mol. The molecule has 0 bridgehead atoms. The van der Waals surface area contributed by atoms with Crippen LogP contribution in [0.4, 0.5) is 0 Å². The minimum atomic E-state index is -3.99. The van der Waals surface area contributed by atoms with Gasteiger partial charge in [-0.2, -0.15) is 4.31 Å². The number of rotatable bonds is 3. The number of nitrogens with two attached hydrogens (primary N) is 1. The first-order valence-electron chi connectivity index (χ1n) is 7.20. The van der Waals surface area contributed by atoms with Gasteiger partial charge >= 0.3 is 5.69 Å². The largest absolute Gasteiger partial charge is 0.330 e. The Kier molecular flexibility index (Phi) is 6.19. The van der Waals surface area contributed by atoms with E-state index in [4.69, 9.17) is 5.73 Å². The Labute approximate surface area is 141 Å². The second-order valence-electron chi connectivity index (χ2n) is 5.79. The highest BCUT2D eigenvalue weighted by Crippen LogP contribution is 2.27. The lowest BCUT2D eigenvalue weighted by Crippen LogP contribution is -2.52. The molecule has 10 heteroatoms. The Morgan fingerprint density at radius 3 is 2.48 bits per heavy atom. The number of hydrogen-bond donors (Lipinski definition) is 1. The first-order valence-corrected chi connectivity index (χ1v) is 8.64. The number of halogens is 1. The van der Waals surface area contributed by atoms with Crippen molar-refractivity contribution in [2.24, 2.45) is 25.7 Å². The van der Waals surface area contributed by atoms with Crippen LogP contribution >= 0.6 is 12.4 Å². The van der Waals surface area contributed by atoms with Crippen molar-refractivity contribution in [2.75, 3.05) is 13.1 Å². The van der Waals surface area contributed by atoms with E-state index in [9.17, 15) is 18.0 Å². The number of hydrogen-bond acceptors (Lipinski definition) is 5. The molecule has 8 nitrogen and oxygen atoms in total. The van der Waals surface area contributed by atoms with Gasteiger partial charge in [-0.1, -0.05) is 6.92 Å². The molecule has 2 heterocycles. The number of aromatic nitrogens is 2. The summed E-state index contributed by atoms with van der Waals surface area (Å²) in [5.74, 6) is 0.130. The topological polar surface area (TPSA) is 107 Å². The quantitative estimate of drug-likeness (QED) is 0.757. The molecule has 132 valence electrons. The van der Waals surface area contributed by atoms with E-state index >= 15 is 0 Å². The highest BCUT2D eigenvalue weighted by atomic mass is 35.5. The fraction of sp³-hybridized carbons (Fsp3) is 0.692. The van der Waals surface area contributed by atoms with Gasteiger partial charge in [-0.05, 0) is 18.8 Å². The van der Waals surface area contributed by atoms with Crippen LogP contribution in [0.1, 0.15) is 19.8 Å². The van der Waals surface area contributed by atoms with Crippen molar-refractivity contribution in [2.45, 2.75) is 30.7 Å². The maximum absolute atomic E-state index is 12.9. The molecule has 1 fully saturated rings. The van der Waals surface area contributed by atoms with Crippen LogP contribution in [0.15, 0.2) is 20.7 Å². The molecule has 0 saturated carbocycles. The fourth-order valence-corrected chi connectivity index (χ4v) is 4.86. The Morgan fingerprint density at radius 2 is 1.91 bits per heavy atom. The molecule has 1 aliphatic rings. The summed E-state index contributed by atoms with van der Waals surface area (Å²) >= 11 is 0. The van der Waals surface area contributed by atoms with Crippen molar-refractivity contribution in [1.82, 2.24) is 13.4 Å². The molecule has 0 radical (unpaired) electrons. The van der Waals surface area contributed by atoms with Gasteiger partial charge in [-0.25, -0.2) is 13.2 Å². The molecule has 1 aliphatic heterocycles. The minimum absolute atomic E-state index is 0. The van der Waals surface area contributed by atoms with Crippen molar-refractivity contribution in [3.05, 3.63) is 27.0 Å². The second kappa shape index (κ2) is 7.16. The van der Waals surface area contributed by atoms with Crippen LogP contribution in [0, 0.1) is 5.92 Å². The average molecular weight is 367 g/mol. The summed E-state index contributed by atoms with van der Waals surface area (Å²) in [5, 5.41) is 0. The standard InChI is InChI=1S/C13H22N4O4S.ClH/c1-9-5-4-6-17(10(9)7-14)22(20,21)11-8-15(2)13(19)16(3)12(11)18;/h8-10H,4-7,14H2,1-3H3;1H. The van der Waals surface area contributed by atoms with Crippen LogP contribution in [0.3, 0.4) is 0 Å². The molecule has 1 saturated heterocycles. The van der Waals surface area contributed by atoms with E-state index in [2.05, 4.69) is 0 Å². The maximum Gasteiger partial charge on any atom is 0.330 e. The fourth-order valence-electron chi connectivity index (χ4n) is 2.94. The van der Waals surface area contributed by atoms with Crippen molar-refractivity contribution in [3.8, 4) is 0 Å². The third kappa shape index (κ3) is 3.37. The van der Waals surface area contributed by atoms with Crippen LogP contribution in [-0.4, -0.2) is 41.0 Å². The van der Waals surface area contributed by atoms with Gasteiger partial charge in [0.25, 0.3) is 5.56 Å². The number of piperidine rings is 1. The van der Waals surface area contributed by atoms with Gasteiger partial charge < -0.3 is 10.3 Å². The molecule has 2 unspecified atom stereocenters. The van der Waals surface area contributed by atoms with E-state index in [0.717, 1.165) is 28.2 Å². The number of sulfonamides is 1. The van der Waals surface area contributed by atoms with Gasteiger partial charge in [0.1, 0.15) is 0 Å². The summed E-state index contributed by atoms with van der Waals surface area (Å²) in [5.41, 5.74) is 4.36. The Hall–Kier alpha value is -1.16. The van der Waals surface area contributed by atoms with Crippen molar-refractivity contribution in [1.29, 1.82) is 0 Å². The van der Waals surface area contributed by atoms with Gasteiger partial charge in [0.2, 0.25) is 10.0 Å². The Morgan fingerprint density at radius 1 is 1.30 bits per heavy atom. The molecule has 2 N–H and O–H groups in total. The summed E-state index contributed by atoms with van der Waals surface area (Å²) in [6.45, 7) is 2.49. The molecule has 0 aliphatic carbocycles. The smallest absolute Gasteiger partial charge is 0.329 e. The predicted molar refractivity (Wildman–Crippen MR) is 89.3 cm³/mol. The molecule has 2 rings (SSSR count). The molecule has 0 amide bonds. The van der Waals surface area contributed by atoms with Gasteiger partial charge in [-0.15, -0.1) is 12.4 Å². The predicted octanol–water partition coefficient (Wildman–Crippen LogP) is -0.746. The normalized spacial score (nSPS) is 22.6. The van der Waals surface area contributed by atoms with Gasteiger partial charge in [0.05, 0.1) is 0 Å². The lowest BCUT2D eigenvalue weighted by atomic mass is 9.93. The first kappa shape index (κ1) is 19.9. The van der Waals surface area contributed by atoms with Crippen LogP contribution < -0.4 is 17.0 Å². The van der Waals surface area contributed by atoms with Crippen molar-refractivity contribution >= 4 is 22.4 Å². The van der Waals surface area contributed by atoms with E-state index in [0.29, 0.717) is 6.54 Å². The van der Waals surface area contributed by atoms with E-state index < -0.39 is 21.3 Å². The summed E-state index contributed by atoms with van der Waals surface area (Å²) in [7, 11) is -1.30. The second-order valence-corrected chi connectivity index (χ2v) is 7.65. The van der Waals surface area contributed by atoms with Crippen molar-refractivity contribution < 1.29 is 8.42 Å². The minimum Gasteiger partial charge on any atom is -0.329 e. The lowest BCUT2D eigenvalue weighted by molar-refractivity contribution is 0.192. The van der Waals surface area contributed by atoms with E-state index in [1.165, 1.54) is 18.4 Å². The zero-order valence-electron chi connectivity index (χ0n) is 13.4. The molecule has 1 aromatic rings. The molecule has 0 aromatic carbocycles. The molecule has 23 heavy (non-hydrogen) atoms. The van der Waals surface area contributed by atoms with E-state index in [1.807, 2.05) is 6.92 Å². The van der Waals surface area contributed by atoms with Gasteiger partial charge in [-0.3, -0.25) is 9.36 Å². The SMILES string of the molecule is CC1CCCN(S(=O)(=O)c2cn(C)c(=O)n(C)c2=O)C1CN.Cl.